The van der Waals surface area contributed by atoms with Crippen molar-refractivity contribution in [2.24, 2.45) is 5.41 Å². The van der Waals surface area contributed by atoms with Crippen molar-refractivity contribution >= 4 is 5.97 Å². The van der Waals surface area contributed by atoms with Gasteiger partial charge in [0.15, 0.2) is 0 Å². The summed E-state index contributed by atoms with van der Waals surface area (Å²) in [4.78, 5) is 12.0. The fraction of sp³-hybridized carbons (Fsp3) is 0.500. The first kappa shape index (κ1) is 12.1. The Balaban J connectivity index is 2.32. The van der Waals surface area contributed by atoms with Gasteiger partial charge in [0.05, 0.1) is 5.41 Å². The molecule has 0 amide bonds. The predicted octanol–water partition coefficient (Wildman–Crippen LogP) is 2.85. The molecule has 0 bridgehead atoms. The van der Waals surface area contributed by atoms with Crippen molar-refractivity contribution in [2.75, 3.05) is 7.11 Å². The average molecular weight is 234 g/mol. The summed E-state index contributed by atoms with van der Waals surface area (Å²) in [6.07, 6.45) is 1.45. The Morgan fingerprint density at radius 2 is 1.82 bits per heavy atom. The van der Waals surface area contributed by atoms with Crippen molar-refractivity contribution in [3.63, 3.8) is 0 Å². The van der Waals surface area contributed by atoms with Gasteiger partial charge in [-0.25, -0.2) is 0 Å². The highest BCUT2D eigenvalue weighted by atomic mass is 16.7. The molecule has 1 atom stereocenters. The van der Waals surface area contributed by atoms with E-state index in [-0.39, 0.29) is 5.97 Å². The zero-order valence-corrected chi connectivity index (χ0v) is 10.5. The summed E-state index contributed by atoms with van der Waals surface area (Å²) in [5, 5.41) is 0. The van der Waals surface area contributed by atoms with E-state index in [4.69, 9.17) is 9.47 Å². The molecule has 1 saturated heterocycles. The van der Waals surface area contributed by atoms with E-state index in [2.05, 4.69) is 0 Å². The largest absolute Gasteiger partial charge is 0.428 e. The minimum Gasteiger partial charge on any atom is -0.428 e. The lowest BCUT2D eigenvalue weighted by Crippen LogP contribution is -2.45. The first-order chi connectivity index (χ1) is 8.00. The highest BCUT2D eigenvalue weighted by molar-refractivity contribution is 5.77. The van der Waals surface area contributed by atoms with Gasteiger partial charge in [-0.3, -0.25) is 4.79 Å². The third kappa shape index (κ3) is 2.07. The molecule has 1 unspecified atom stereocenters. The van der Waals surface area contributed by atoms with Crippen LogP contribution in [0, 0.1) is 5.41 Å². The van der Waals surface area contributed by atoms with E-state index >= 15 is 0 Å². The summed E-state index contributed by atoms with van der Waals surface area (Å²) in [6.45, 7) is 3.81. The topological polar surface area (TPSA) is 35.5 Å². The molecule has 0 saturated carbocycles. The number of ether oxygens (including phenoxy) is 2. The van der Waals surface area contributed by atoms with Crippen molar-refractivity contribution in [3.05, 3.63) is 35.9 Å². The van der Waals surface area contributed by atoms with E-state index < -0.39 is 11.2 Å². The maximum Gasteiger partial charge on any atom is 0.314 e. The standard InChI is InChI=1S/C14H18O3/c1-13(2)9-10-14(16-3,17-12(13)15)11-7-5-4-6-8-11/h4-8H,9-10H2,1-3H3. The molecule has 1 aliphatic rings. The van der Waals surface area contributed by atoms with Gasteiger partial charge >= 0.3 is 5.97 Å². The zero-order chi connectivity index (χ0) is 12.5. The molecule has 3 heteroatoms. The van der Waals surface area contributed by atoms with E-state index in [1.54, 1.807) is 7.11 Å². The van der Waals surface area contributed by atoms with Gasteiger partial charge < -0.3 is 9.47 Å². The van der Waals surface area contributed by atoms with Crippen molar-refractivity contribution in [1.29, 1.82) is 0 Å². The second kappa shape index (κ2) is 4.15. The molecule has 1 fully saturated rings. The number of esters is 1. The molecule has 1 heterocycles. The molecule has 0 aromatic heterocycles. The Bertz CT molecular complexity index is 411. The van der Waals surface area contributed by atoms with Crippen LogP contribution < -0.4 is 0 Å². The summed E-state index contributed by atoms with van der Waals surface area (Å²) in [7, 11) is 1.58. The number of carbonyl (C=O) groups excluding carboxylic acids is 1. The molecule has 0 spiro atoms. The third-order valence-corrected chi connectivity index (χ3v) is 3.43. The number of methoxy groups -OCH3 is 1. The lowest BCUT2D eigenvalue weighted by molar-refractivity contribution is -0.255. The third-order valence-electron chi connectivity index (χ3n) is 3.43. The van der Waals surface area contributed by atoms with Gasteiger partial charge in [0.25, 0.3) is 0 Å². The Morgan fingerprint density at radius 1 is 1.18 bits per heavy atom. The van der Waals surface area contributed by atoms with E-state index in [1.807, 2.05) is 44.2 Å². The van der Waals surface area contributed by atoms with Crippen LogP contribution in [0.5, 0.6) is 0 Å². The second-order valence-electron chi connectivity index (χ2n) is 5.10. The molecule has 92 valence electrons. The molecule has 17 heavy (non-hydrogen) atoms. The number of hydrogen-bond acceptors (Lipinski definition) is 3. The Kier molecular flexibility index (Phi) is 2.96. The van der Waals surface area contributed by atoms with Crippen molar-refractivity contribution in [1.82, 2.24) is 0 Å². The van der Waals surface area contributed by atoms with E-state index in [0.717, 1.165) is 12.0 Å². The van der Waals surface area contributed by atoms with Crippen LogP contribution in [0.3, 0.4) is 0 Å². The van der Waals surface area contributed by atoms with Gasteiger partial charge in [0.1, 0.15) is 0 Å². The number of carbonyl (C=O) groups is 1. The Morgan fingerprint density at radius 3 is 2.35 bits per heavy atom. The van der Waals surface area contributed by atoms with Crippen LogP contribution in [0.4, 0.5) is 0 Å². The number of cyclic esters (lactones) is 1. The average Bonchev–Trinajstić information content (AvgIpc) is 2.34. The molecule has 0 radical (unpaired) electrons. The Labute approximate surface area is 102 Å². The zero-order valence-electron chi connectivity index (χ0n) is 10.5. The molecule has 3 nitrogen and oxygen atoms in total. The van der Waals surface area contributed by atoms with Crippen LogP contribution >= 0.6 is 0 Å². The fourth-order valence-electron chi connectivity index (χ4n) is 2.07. The normalized spacial score (nSPS) is 27.6. The maximum atomic E-state index is 12.0. The van der Waals surface area contributed by atoms with Gasteiger partial charge in [0.2, 0.25) is 5.79 Å². The number of benzene rings is 1. The fourth-order valence-corrected chi connectivity index (χ4v) is 2.07. The second-order valence-corrected chi connectivity index (χ2v) is 5.10. The first-order valence-electron chi connectivity index (χ1n) is 5.84. The molecule has 0 aliphatic carbocycles. The monoisotopic (exact) mass is 234 g/mol. The van der Waals surface area contributed by atoms with Crippen molar-refractivity contribution < 1.29 is 14.3 Å². The SMILES string of the molecule is COC1(c2ccccc2)CCC(C)(C)C(=O)O1. The maximum absolute atomic E-state index is 12.0. The molecular formula is C14H18O3. The highest BCUT2D eigenvalue weighted by Gasteiger charge is 2.47. The lowest BCUT2D eigenvalue weighted by atomic mass is 9.81. The molecule has 1 aromatic rings. The molecular weight excluding hydrogens is 216 g/mol. The molecule has 1 aromatic carbocycles. The predicted molar refractivity (Wildman–Crippen MR) is 64.2 cm³/mol. The van der Waals surface area contributed by atoms with Crippen LogP contribution in [-0.2, 0) is 20.1 Å². The minimum atomic E-state index is -0.909. The summed E-state index contributed by atoms with van der Waals surface area (Å²) < 4.78 is 11.0. The van der Waals surface area contributed by atoms with Crippen LogP contribution in [0.2, 0.25) is 0 Å². The van der Waals surface area contributed by atoms with Gasteiger partial charge in [-0.05, 0) is 20.3 Å². The Hall–Kier alpha value is -1.35. The van der Waals surface area contributed by atoms with Gasteiger partial charge in [-0.2, -0.15) is 0 Å². The van der Waals surface area contributed by atoms with Gasteiger partial charge in [-0.15, -0.1) is 0 Å². The van der Waals surface area contributed by atoms with Crippen LogP contribution in [-0.4, -0.2) is 13.1 Å². The number of rotatable bonds is 2. The van der Waals surface area contributed by atoms with Gasteiger partial charge in [-0.1, -0.05) is 30.3 Å². The smallest absolute Gasteiger partial charge is 0.314 e. The van der Waals surface area contributed by atoms with Crippen LogP contribution in [0.1, 0.15) is 32.3 Å². The van der Waals surface area contributed by atoms with Crippen molar-refractivity contribution in [3.8, 4) is 0 Å². The first-order valence-corrected chi connectivity index (χ1v) is 5.84. The molecule has 2 rings (SSSR count). The van der Waals surface area contributed by atoms with E-state index in [1.165, 1.54) is 0 Å². The quantitative estimate of drug-likeness (QED) is 0.738. The van der Waals surface area contributed by atoms with Crippen LogP contribution in [0.15, 0.2) is 30.3 Å². The summed E-state index contributed by atoms with van der Waals surface area (Å²) >= 11 is 0. The summed E-state index contributed by atoms with van der Waals surface area (Å²) in [5.41, 5.74) is 0.475. The van der Waals surface area contributed by atoms with E-state index in [0.29, 0.717) is 6.42 Å². The summed E-state index contributed by atoms with van der Waals surface area (Å²) in [6, 6.07) is 9.62. The highest BCUT2D eigenvalue weighted by Crippen LogP contribution is 2.42. The van der Waals surface area contributed by atoms with E-state index in [9.17, 15) is 4.79 Å². The molecule has 0 N–H and O–H groups in total. The number of hydrogen-bond donors (Lipinski definition) is 0. The minimum absolute atomic E-state index is 0.200. The van der Waals surface area contributed by atoms with Gasteiger partial charge in [0, 0.05) is 19.1 Å². The summed E-state index contributed by atoms with van der Waals surface area (Å²) in [5.74, 6) is -1.11. The molecule has 1 aliphatic heterocycles. The van der Waals surface area contributed by atoms with Crippen LogP contribution in [0.25, 0.3) is 0 Å². The lowest BCUT2D eigenvalue weighted by Gasteiger charge is -2.41. The van der Waals surface area contributed by atoms with Crippen molar-refractivity contribution in [2.45, 2.75) is 32.5 Å².